The van der Waals surface area contributed by atoms with Gasteiger partial charge in [-0.25, -0.2) is 0 Å². The van der Waals surface area contributed by atoms with Crippen LogP contribution in [-0.4, -0.2) is 80.9 Å². The monoisotopic (exact) mass is 724 g/mol. The molecule has 0 spiro atoms. The molecule has 0 aromatic rings. The van der Waals surface area contributed by atoms with Gasteiger partial charge in [0.05, 0.1) is 26.2 Å². The predicted octanol–water partition coefficient (Wildman–Crippen LogP) is 10.7. The van der Waals surface area contributed by atoms with Crippen LogP contribution in [0.1, 0.15) is 181 Å². The van der Waals surface area contributed by atoms with E-state index >= 15 is 0 Å². The van der Waals surface area contributed by atoms with Gasteiger partial charge in [-0.1, -0.05) is 103 Å². The molecule has 0 unspecified atom stereocenters. The van der Waals surface area contributed by atoms with Crippen LogP contribution < -0.4 is 0 Å². The molecule has 0 saturated carbocycles. The van der Waals surface area contributed by atoms with Gasteiger partial charge in [-0.05, 0) is 96.6 Å². The van der Waals surface area contributed by atoms with Gasteiger partial charge in [-0.3, -0.25) is 9.59 Å². The molecule has 0 rings (SSSR count). The highest BCUT2D eigenvalue weighted by Gasteiger charge is 2.14. The molecule has 0 bridgehead atoms. The Balaban J connectivity index is 4.06. The average Bonchev–Trinajstić information content (AvgIpc) is 3.13. The molecule has 0 radical (unpaired) electrons. The minimum Gasteiger partial charge on any atom is -0.466 e. The van der Waals surface area contributed by atoms with E-state index in [1.54, 1.807) is 0 Å². The van der Waals surface area contributed by atoms with Crippen LogP contribution in [0.2, 0.25) is 0 Å². The maximum atomic E-state index is 12.5. The summed E-state index contributed by atoms with van der Waals surface area (Å²) in [6, 6.07) is 0. The first-order valence-electron chi connectivity index (χ1n) is 21.2. The third-order valence-electron chi connectivity index (χ3n) is 8.94. The largest absolute Gasteiger partial charge is 0.466 e. The van der Waals surface area contributed by atoms with Crippen LogP contribution in [0.25, 0.3) is 0 Å². The number of aliphatic hydroxyl groups is 1. The van der Waals surface area contributed by atoms with E-state index in [1.165, 1.54) is 32.1 Å². The highest BCUT2D eigenvalue weighted by Crippen LogP contribution is 2.12. The Kier molecular flexibility index (Phi) is 39.6. The van der Waals surface area contributed by atoms with E-state index in [0.29, 0.717) is 52.2 Å². The van der Waals surface area contributed by atoms with Gasteiger partial charge < -0.3 is 29.0 Å². The molecular weight excluding hydrogens is 642 g/mol. The number of rotatable bonds is 40. The molecule has 0 aromatic heterocycles. The van der Waals surface area contributed by atoms with Crippen molar-refractivity contribution in [3.8, 4) is 0 Å². The summed E-state index contributed by atoms with van der Waals surface area (Å²) in [5.74, 6) is -0.253. The highest BCUT2D eigenvalue weighted by atomic mass is 16.7. The number of nitrogens with zero attached hydrogens (tertiary/aromatic N) is 1. The van der Waals surface area contributed by atoms with Crippen molar-refractivity contribution < 1.29 is 33.6 Å². The zero-order valence-electron chi connectivity index (χ0n) is 33.6. The molecule has 0 atom stereocenters. The van der Waals surface area contributed by atoms with E-state index in [0.717, 1.165) is 122 Å². The molecule has 0 aromatic carbocycles. The Hall–Kier alpha value is -1.74. The molecule has 300 valence electrons. The Morgan fingerprint density at radius 1 is 0.529 bits per heavy atom. The molecule has 0 amide bonds. The maximum Gasteiger partial charge on any atom is 0.305 e. The molecular formula is C43H81NO7. The van der Waals surface area contributed by atoms with E-state index in [4.69, 9.17) is 18.9 Å². The summed E-state index contributed by atoms with van der Waals surface area (Å²) in [6.07, 6.45) is 33.8. The van der Waals surface area contributed by atoms with Crippen molar-refractivity contribution >= 4 is 11.9 Å². The standard InChI is InChI=1S/C43H81NO7/c1-4-7-10-13-16-22-26-37-48-41(46)30-23-18-17-19-24-33-44(35-36-45)34-25-29-38-49-42(47)31-32-43(50-39-27-20-14-11-8-5-2)51-40-28-21-15-12-9-6-3/h8-9,11-12,43,45H,4-7,10,13-40H2,1-3H3/b11-8-,12-9-. The highest BCUT2D eigenvalue weighted by molar-refractivity contribution is 5.69. The fourth-order valence-corrected chi connectivity index (χ4v) is 5.80. The Morgan fingerprint density at radius 2 is 1.00 bits per heavy atom. The van der Waals surface area contributed by atoms with Gasteiger partial charge in [0.15, 0.2) is 6.29 Å². The van der Waals surface area contributed by atoms with Crippen molar-refractivity contribution in [2.24, 2.45) is 0 Å². The normalized spacial score (nSPS) is 11.9. The average molecular weight is 724 g/mol. The summed E-state index contributed by atoms with van der Waals surface area (Å²) in [5, 5.41) is 9.52. The first-order chi connectivity index (χ1) is 25.1. The lowest BCUT2D eigenvalue weighted by Gasteiger charge is -2.21. The van der Waals surface area contributed by atoms with E-state index < -0.39 is 0 Å². The second kappa shape index (κ2) is 41.0. The third-order valence-corrected chi connectivity index (χ3v) is 8.94. The fourth-order valence-electron chi connectivity index (χ4n) is 5.80. The van der Waals surface area contributed by atoms with Crippen LogP contribution in [0.15, 0.2) is 24.3 Å². The van der Waals surface area contributed by atoms with E-state index in [1.807, 2.05) is 0 Å². The first kappa shape index (κ1) is 49.3. The molecule has 0 heterocycles. The molecule has 0 aliphatic heterocycles. The lowest BCUT2D eigenvalue weighted by molar-refractivity contribution is -0.159. The smallest absolute Gasteiger partial charge is 0.305 e. The van der Waals surface area contributed by atoms with E-state index in [-0.39, 0.29) is 24.8 Å². The van der Waals surface area contributed by atoms with Gasteiger partial charge in [0.2, 0.25) is 0 Å². The van der Waals surface area contributed by atoms with Gasteiger partial charge in [-0.2, -0.15) is 0 Å². The molecule has 8 heteroatoms. The van der Waals surface area contributed by atoms with Crippen LogP contribution in [0.4, 0.5) is 0 Å². The minimum absolute atomic E-state index is 0.0537. The molecule has 1 N–H and O–H groups in total. The number of carbonyl (C=O) groups is 2. The van der Waals surface area contributed by atoms with Crippen LogP contribution in [0.3, 0.4) is 0 Å². The Labute approximate surface area is 314 Å². The van der Waals surface area contributed by atoms with Crippen molar-refractivity contribution in [2.45, 2.75) is 188 Å². The number of esters is 2. The minimum atomic E-state index is -0.372. The first-order valence-corrected chi connectivity index (χ1v) is 21.2. The summed E-state index contributed by atoms with van der Waals surface area (Å²) in [5.41, 5.74) is 0. The van der Waals surface area contributed by atoms with Gasteiger partial charge in [-0.15, -0.1) is 0 Å². The summed E-state index contributed by atoms with van der Waals surface area (Å²) in [4.78, 5) is 26.7. The van der Waals surface area contributed by atoms with Crippen molar-refractivity contribution in [3.05, 3.63) is 24.3 Å². The van der Waals surface area contributed by atoms with Crippen LogP contribution in [0, 0.1) is 0 Å². The Morgan fingerprint density at radius 3 is 1.57 bits per heavy atom. The molecule has 0 saturated heterocycles. The van der Waals surface area contributed by atoms with Gasteiger partial charge in [0, 0.05) is 32.6 Å². The number of ether oxygens (including phenoxy) is 4. The van der Waals surface area contributed by atoms with Crippen LogP contribution in [-0.2, 0) is 28.5 Å². The zero-order chi connectivity index (χ0) is 37.3. The van der Waals surface area contributed by atoms with Gasteiger partial charge >= 0.3 is 11.9 Å². The van der Waals surface area contributed by atoms with Crippen molar-refractivity contribution in [2.75, 3.05) is 52.7 Å². The van der Waals surface area contributed by atoms with Gasteiger partial charge in [0.25, 0.3) is 0 Å². The van der Waals surface area contributed by atoms with E-state index in [2.05, 4.69) is 50.0 Å². The lowest BCUT2D eigenvalue weighted by atomic mass is 10.1. The summed E-state index contributed by atoms with van der Waals surface area (Å²) in [6.45, 7) is 11.4. The molecule has 0 aliphatic carbocycles. The number of unbranched alkanes of at least 4 members (excludes halogenated alkanes) is 15. The molecule has 51 heavy (non-hydrogen) atoms. The SMILES string of the molecule is CC/C=C\CCCCOC(CCC(=O)OCCCCN(CCO)CCCCCCCC(=O)OCCCCCCCCC)OCCCC/C=C\CC. The topological polar surface area (TPSA) is 94.5 Å². The van der Waals surface area contributed by atoms with Crippen LogP contribution >= 0.6 is 0 Å². The van der Waals surface area contributed by atoms with Crippen LogP contribution in [0.5, 0.6) is 0 Å². The summed E-state index contributed by atoms with van der Waals surface area (Å²) in [7, 11) is 0. The number of hydrogen-bond acceptors (Lipinski definition) is 8. The Bertz CT molecular complexity index is 779. The van der Waals surface area contributed by atoms with Crippen molar-refractivity contribution in [1.29, 1.82) is 0 Å². The molecule has 8 nitrogen and oxygen atoms in total. The number of allylic oxidation sites excluding steroid dienone is 4. The van der Waals surface area contributed by atoms with Crippen molar-refractivity contribution in [3.63, 3.8) is 0 Å². The fraction of sp³-hybridized carbons (Fsp3) is 0.860. The quantitative estimate of drug-likeness (QED) is 0.0289. The molecule has 0 aliphatic rings. The number of hydrogen-bond donors (Lipinski definition) is 1. The molecule has 0 fully saturated rings. The maximum absolute atomic E-state index is 12.5. The lowest BCUT2D eigenvalue weighted by Crippen LogP contribution is -2.29. The van der Waals surface area contributed by atoms with Crippen molar-refractivity contribution in [1.82, 2.24) is 4.90 Å². The third kappa shape index (κ3) is 37.8. The number of carbonyl (C=O) groups excluding carboxylic acids is 2. The van der Waals surface area contributed by atoms with Gasteiger partial charge in [0.1, 0.15) is 0 Å². The second-order valence-electron chi connectivity index (χ2n) is 13.8. The zero-order valence-corrected chi connectivity index (χ0v) is 33.6. The summed E-state index contributed by atoms with van der Waals surface area (Å²) >= 11 is 0. The summed E-state index contributed by atoms with van der Waals surface area (Å²) < 4.78 is 23.0. The predicted molar refractivity (Wildman–Crippen MR) is 212 cm³/mol. The second-order valence-corrected chi connectivity index (χ2v) is 13.8. The number of aliphatic hydroxyl groups excluding tert-OH is 1. The van der Waals surface area contributed by atoms with E-state index in [9.17, 15) is 14.7 Å².